The number of hydrogen-bond acceptors (Lipinski definition) is 2. The van der Waals surface area contributed by atoms with Gasteiger partial charge < -0.3 is 4.74 Å². The van der Waals surface area contributed by atoms with E-state index in [4.69, 9.17) is 4.74 Å². The lowest BCUT2D eigenvalue weighted by Crippen LogP contribution is -2.40. The lowest BCUT2D eigenvalue weighted by molar-refractivity contribution is -0.128. The van der Waals surface area contributed by atoms with Crippen LogP contribution in [0.5, 0.6) is 0 Å². The van der Waals surface area contributed by atoms with Crippen LogP contribution in [0.15, 0.2) is 0 Å². The minimum atomic E-state index is 0.178. The van der Waals surface area contributed by atoms with Gasteiger partial charge in [0.1, 0.15) is 5.78 Å². The molecule has 3 saturated carbocycles. The Bertz CT molecular complexity index is 387. The van der Waals surface area contributed by atoms with Gasteiger partial charge in [0.15, 0.2) is 0 Å². The fraction of sp³-hybridized carbons (Fsp3) is 0.941. The monoisotopic (exact) mass is 264 g/mol. The van der Waals surface area contributed by atoms with Crippen LogP contribution in [0.25, 0.3) is 0 Å². The van der Waals surface area contributed by atoms with E-state index in [0.29, 0.717) is 29.0 Å². The number of carbonyl (C=O) groups excluding carboxylic acids is 1. The average Bonchev–Trinajstić information content (AvgIpc) is 2.70. The molecule has 0 saturated heterocycles. The molecular formula is C17H28O2. The summed E-state index contributed by atoms with van der Waals surface area (Å²) in [6.07, 6.45) is 6.83. The average molecular weight is 264 g/mol. The second-order valence-corrected chi connectivity index (χ2v) is 8.02. The number of rotatable bonds is 2. The highest BCUT2D eigenvalue weighted by atomic mass is 16.5. The zero-order valence-electron chi connectivity index (χ0n) is 12.9. The zero-order valence-corrected chi connectivity index (χ0v) is 12.9. The van der Waals surface area contributed by atoms with Crippen molar-refractivity contribution in [2.45, 2.75) is 65.4 Å². The smallest absolute Gasteiger partial charge is 0.135 e. The second-order valence-electron chi connectivity index (χ2n) is 8.02. The highest BCUT2D eigenvalue weighted by Gasteiger charge is 2.62. The van der Waals surface area contributed by atoms with Crippen LogP contribution in [-0.2, 0) is 9.53 Å². The van der Waals surface area contributed by atoms with Crippen molar-refractivity contribution in [3.8, 4) is 0 Å². The molecular weight excluding hydrogens is 236 g/mol. The molecule has 0 amide bonds. The predicted molar refractivity (Wildman–Crippen MR) is 75.9 cm³/mol. The van der Waals surface area contributed by atoms with Crippen LogP contribution in [0.4, 0.5) is 0 Å². The van der Waals surface area contributed by atoms with E-state index in [1.165, 1.54) is 19.3 Å². The van der Waals surface area contributed by atoms with Gasteiger partial charge in [0, 0.05) is 20.0 Å². The molecule has 0 heterocycles. The Morgan fingerprint density at radius 1 is 1.16 bits per heavy atom. The number of hydrogen-bond donors (Lipinski definition) is 0. The summed E-state index contributed by atoms with van der Waals surface area (Å²) < 4.78 is 5.50. The van der Waals surface area contributed by atoms with Gasteiger partial charge in [0.2, 0.25) is 0 Å². The summed E-state index contributed by atoms with van der Waals surface area (Å²) in [5.74, 6) is 2.61. The van der Waals surface area contributed by atoms with Crippen molar-refractivity contribution in [2.24, 2.45) is 28.6 Å². The molecule has 19 heavy (non-hydrogen) atoms. The van der Waals surface area contributed by atoms with Gasteiger partial charge in [0.25, 0.3) is 0 Å². The molecule has 0 aliphatic heterocycles. The maximum Gasteiger partial charge on any atom is 0.135 e. The fourth-order valence-corrected chi connectivity index (χ4v) is 5.60. The second kappa shape index (κ2) is 4.31. The highest BCUT2D eigenvalue weighted by Crippen LogP contribution is 2.70. The van der Waals surface area contributed by atoms with E-state index in [1.807, 2.05) is 0 Å². The number of methoxy groups -OCH3 is 1. The van der Waals surface area contributed by atoms with E-state index in [0.717, 1.165) is 24.7 Å². The van der Waals surface area contributed by atoms with Gasteiger partial charge in [-0.25, -0.2) is 0 Å². The van der Waals surface area contributed by atoms with E-state index in [2.05, 4.69) is 20.8 Å². The van der Waals surface area contributed by atoms with Crippen LogP contribution in [0.2, 0.25) is 0 Å². The molecule has 0 radical (unpaired) electrons. The number of ether oxygens (including phenoxy) is 1. The Labute approximate surface area is 117 Å². The van der Waals surface area contributed by atoms with Crippen LogP contribution < -0.4 is 0 Å². The molecule has 0 aromatic heterocycles. The third-order valence-electron chi connectivity index (χ3n) is 7.27. The summed E-state index contributed by atoms with van der Waals surface area (Å²) in [5, 5.41) is 0. The van der Waals surface area contributed by atoms with E-state index in [-0.39, 0.29) is 6.10 Å². The van der Waals surface area contributed by atoms with Crippen molar-refractivity contribution in [3.63, 3.8) is 0 Å². The molecule has 5 atom stereocenters. The van der Waals surface area contributed by atoms with Gasteiger partial charge in [-0.05, 0) is 54.3 Å². The Hall–Kier alpha value is -0.370. The summed E-state index contributed by atoms with van der Waals surface area (Å²) in [6, 6.07) is 0. The van der Waals surface area contributed by atoms with Crippen molar-refractivity contribution in [3.05, 3.63) is 0 Å². The minimum absolute atomic E-state index is 0.178. The van der Waals surface area contributed by atoms with Gasteiger partial charge >= 0.3 is 0 Å². The zero-order chi connectivity index (χ0) is 13.8. The fourth-order valence-electron chi connectivity index (χ4n) is 5.60. The van der Waals surface area contributed by atoms with Crippen molar-refractivity contribution in [2.75, 3.05) is 7.11 Å². The third-order valence-corrected chi connectivity index (χ3v) is 7.27. The molecule has 0 spiro atoms. The first-order valence-electron chi connectivity index (χ1n) is 7.93. The van der Waals surface area contributed by atoms with Gasteiger partial charge in [-0.3, -0.25) is 4.79 Å². The first-order valence-corrected chi connectivity index (χ1v) is 7.93. The van der Waals surface area contributed by atoms with E-state index < -0.39 is 0 Å². The van der Waals surface area contributed by atoms with Gasteiger partial charge in [-0.2, -0.15) is 0 Å². The van der Waals surface area contributed by atoms with Crippen LogP contribution in [0, 0.1) is 28.6 Å². The van der Waals surface area contributed by atoms with Gasteiger partial charge in [-0.15, -0.1) is 0 Å². The molecule has 0 N–H and O–H groups in total. The van der Waals surface area contributed by atoms with E-state index in [1.54, 1.807) is 7.11 Å². The molecule has 3 aliphatic carbocycles. The molecule has 2 bridgehead atoms. The van der Waals surface area contributed by atoms with Gasteiger partial charge in [-0.1, -0.05) is 20.8 Å². The van der Waals surface area contributed by atoms with Crippen LogP contribution in [0.3, 0.4) is 0 Å². The van der Waals surface area contributed by atoms with Crippen molar-refractivity contribution < 1.29 is 9.53 Å². The van der Waals surface area contributed by atoms with Crippen LogP contribution >= 0.6 is 0 Å². The molecule has 0 aromatic rings. The summed E-state index contributed by atoms with van der Waals surface area (Å²) in [7, 11) is 1.76. The summed E-state index contributed by atoms with van der Waals surface area (Å²) in [4.78, 5) is 12.0. The van der Waals surface area contributed by atoms with Crippen molar-refractivity contribution in [1.29, 1.82) is 0 Å². The molecule has 3 aliphatic rings. The Morgan fingerprint density at radius 2 is 1.89 bits per heavy atom. The summed E-state index contributed by atoms with van der Waals surface area (Å²) in [6.45, 7) is 7.41. The van der Waals surface area contributed by atoms with Crippen LogP contribution in [0.1, 0.15) is 59.3 Å². The molecule has 3 rings (SSSR count). The highest BCUT2D eigenvalue weighted by molar-refractivity contribution is 5.80. The molecule has 108 valence electrons. The molecule has 0 aromatic carbocycles. The number of carbonyl (C=O) groups is 1. The first-order chi connectivity index (χ1) is 8.88. The third kappa shape index (κ3) is 1.82. The number of Topliss-reactive ketones (excluding diaryl/α,β-unsaturated/α-hetero) is 1. The lowest BCUT2D eigenvalue weighted by Gasteiger charge is -2.44. The normalized spacial score (nSPS) is 48.7. The summed E-state index contributed by atoms with van der Waals surface area (Å²) in [5.41, 5.74) is 0.902. The largest absolute Gasteiger partial charge is 0.381 e. The minimum Gasteiger partial charge on any atom is -0.381 e. The predicted octanol–water partition coefficient (Wildman–Crippen LogP) is 3.83. The maximum atomic E-state index is 12.0. The standard InChI is InChI=1S/C17H28O2/c1-16(2)12-5-6-17(16,3)15(9-12)11-7-13(18)10-14(8-11)19-4/h11-12,14-15H,5-10H2,1-4H3/t11?,12-,14?,15+,17+/m1/s1. The topological polar surface area (TPSA) is 26.3 Å². The molecule has 2 unspecified atom stereocenters. The first kappa shape index (κ1) is 13.6. The van der Waals surface area contributed by atoms with E-state index >= 15 is 0 Å². The van der Waals surface area contributed by atoms with Gasteiger partial charge in [0.05, 0.1) is 6.10 Å². The molecule has 2 heteroatoms. The van der Waals surface area contributed by atoms with E-state index in [9.17, 15) is 4.79 Å². The quantitative estimate of drug-likeness (QED) is 0.757. The Morgan fingerprint density at radius 3 is 2.42 bits per heavy atom. The SMILES string of the molecule is COC1CC(=O)CC([C@@H]2C[C@H]3CC[C@]2(C)C3(C)C)C1. The Kier molecular flexibility index (Phi) is 3.09. The maximum absolute atomic E-state index is 12.0. The molecule has 3 fully saturated rings. The van der Waals surface area contributed by atoms with Crippen molar-refractivity contribution in [1.82, 2.24) is 0 Å². The number of ketones is 1. The Balaban J connectivity index is 1.82. The summed E-state index contributed by atoms with van der Waals surface area (Å²) >= 11 is 0. The molecule has 2 nitrogen and oxygen atoms in total. The van der Waals surface area contributed by atoms with Crippen LogP contribution in [-0.4, -0.2) is 19.0 Å². The van der Waals surface area contributed by atoms with Crippen molar-refractivity contribution >= 4 is 5.78 Å². The lowest BCUT2D eigenvalue weighted by atomic mass is 9.61. The number of fused-ring (bicyclic) bond motifs is 2.